The molecule has 0 aromatic rings. The zero-order valence-corrected chi connectivity index (χ0v) is 5.37. The summed E-state index contributed by atoms with van der Waals surface area (Å²) in [5.74, 6) is 0.572. The van der Waals surface area contributed by atoms with E-state index in [-0.39, 0.29) is 0 Å². The Morgan fingerprint density at radius 2 is 1.25 bits per heavy atom. The maximum atomic E-state index is 9.92. The monoisotopic (exact) mass is 181 g/mol. The zero-order valence-electron chi connectivity index (χ0n) is 5.37. The van der Waals surface area contributed by atoms with E-state index in [4.69, 9.17) is 0 Å². The molecule has 0 heterocycles. The Morgan fingerprint density at radius 1 is 1.00 bits per heavy atom. The summed E-state index contributed by atoms with van der Waals surface area (Å²) in [5.41, 5.74) is 0.917. The van der Waals surface area contributed by atoms with Crippen LogP contribution in [-0.4, -0.2) is 20.7 Å². The van der Waals surface area contributed by atoms with Crippen molar-refractivity contribution in [2.45, 2.75) is 5.91 Å². The van der Waals surface area contributed by atoms with Gasteiger partial charge in [-0.05, 0) is 5.43 Å². The van der Waals surface area contributed by atoms with Crippen molar-refractivity contribution in [1.82, 2.24) is 5.43 Å². The lowest BCUT2D eigenvalue weighted by atomic mass is 10.7. The molecule has 11 heteroatoms. The largest absolute Gasteiger partial charge is 0.788 e. The number of hydrazine groups is 1. The highest BCUT2D eigenvalue weighted by Gasteiger charge is 2.71. The lowest BCUT2D eigenvalue weighted by Crippen LogP contribution is -2.66. The van der Waals surface area contributed by atoms with Crippen LogP contribution in [0.2, 0.25) is 0 Å². The summed E-state index contributed by atoms with van der Waals surface area (Å²) in [7, 11) is 0. The van der Waals surface area contributed by atoms with Gasteiger partial charge in [-0.1, -0.05) is 0 Å². The summed E-state index contributed by atoms with van der Waals surface area (Å²) in [4.78, 5) is 24.5. The maximum absolute atomic E-state index is 9.92. The number of nitro groups is 3. The molecule has 3 N–H and O–H groups in total. The van der Waals surface area contributed by atoms with E-state index in [2.05, 4.69) is 5.84 Å². The van der Waals surface area contributed by atoms with Gasteiger partial charge in [0.05, 0.1) is 0 Å². The first-order valence-electron chi connectivity index (χ1n) is 2.30. The molecule has 0 aromatic heterocycles. The Labute approximate surface area is 63.6 Å². The van der Waals surface area contributed by atoms with Crippen molar-refractivity contribution in [1.29, 1.82) is 0 Å². The van der Waals surface area contributed by atoms with Crippen molar-refractivity contribution < 1.29 is 14.8 Å². The Hall–Kier alpha value is -1.88. The highest BCUT2D eigenvalue weighted by molar-refractivity contribution is 4.41. The van der Waals surface area contributed by atoms with Crippen LogP contribution in [0.15, 0.2) is 0 Å². The van der Waals surface area contributed by atoms with E-state index in [1.54, 1.807) is 0 Å². The number of nitrogens with two attached hydrogens (primary N) is 1. The molecule has 11 nitrogen and oxygen atoms in total. The first-order valence-corrected chi connectivity index (χ1v) is 2.30. The predicted molar refractivity (Wildman–Crippen MR) is 31.0 cm³/mol. The third-order valence-corrected chi connectivity index (χ3v) is 0.957. The molecule has 0 fully saturated rings. The highest BCUT2D eigenvalue weighted by Crippen LogP contribution is 2.05. The van der Waals surface area contributed by atoms with Crippen molar-refractivity contribution in [3.05, 3.63) is 30.3 Å². The number of hydrogen-bond donors (Lipinski definition) is 2. The summed E-state index contributed by atoms with van der Waals surface area (Å²) in [6, 6.07) is 0. The van der Waals surface area contributed by atoms with Gasteiger partial charge < -0.3 is 0 Å². The second-order valence-electron chi connectivity index (χ2n) is 1.55. The molecule has 68 valence electrons. The summed E-state index contributed by atoms with van der Waals surface area (Å²) in [5, 5.41) is 29.7. The highest BCUT2D eigenvalue weighted by atomic mass is 16.7. The normalized spacial score (nSPS) is 10.8. The molecule has 0 aliphatic carbocycles. The van der Waals surface area contributed by atoms with Crippen LogP contribution in [0.3, 0.4) is 0 Å². The molecular formula is CH3N5O6. The molecule has 0 aliphatic rings. The van der Waals surface area contributed by atoms with E-state index >= 15 is 0 Å². The van der Waals surface area contributed by atoms with Gasteiger partial charge in [-0.25, -0.2) is 0 Å². The van der Waals surface area contributed by atoms with Crippen molar-refractivity contribution in [3.8, 4) is 0 Å². The number of nitrogens with one attached hydrogen (secondary N) is 1. The van der Waals surface area contributed by atoms with Crippen LogP contribution in [0.5, 0.6) is 0 Å². The topological polar surface area (TPSA) is 167 Å². The van der Waals surface area contributed by atoms with Gasteiger partial charge in [0.2, 0.25) is 0 Å². The Kier molecular flexibility index (Phi) is 2.54. The average Bonchev–Trinajstić information content (AvgIpc) is 1.86. The van der Waals surface area contributed by atoms with Crippen molar-refractivity contribution in [3.63, 3.8) is 0 Å². The van der Waals surface area contributed by atoms with E-state index in [1.165, 1.54) is 0 Å². The summed E-state index contributed by atoms with van der Waals surface area (Å²) in [6.45, 7) is 0. The van der Waals surface area contributed by atoms with Crippen molar-refractivity contribution >= 4 is 0 Å². The molecule has 0 saturated carbocycles. The van der Waals surface area contributed by atoms with E-state index in [9.17, 15) is 30.3 Å². The van der Waals surface area contributed by atoms with Gasteiger partial charge in [0.1, 0.15) is 0 Å². The fourth-order valence-electron chi connectivity index (χ4n) is 0.358. The van der Waals surface area contributed by atoms with Gasteiger partial charge in [-0.2, -0.15) is 0 Å². The van der Waals surface area contributed by atoms with E-state index in [1.807, 2.05) is 0 Å². The third-order valence-electron chi connectivity index (χ3n) is 0.957. The molecule has 12 heavy (non-hydrogen) atoms. The Morgan fingerprint density at radius 3 is 1.25 bits per heavy atom. The second-order valence-corrected chi connectivity index (χ2v) is 1.55. The smallest absolute Gasteiger partial charge is 0.253 e. The van der Waals surface area contributed by atoms with Crippen LogP contribution < -0.4 is 11.3 Å². The predicted octanol–water partition coefficient (Wildman–Crippen LogP) is -2.11. The molecule has 0 aliphatic heterocycles. The van der Waals surface area contributed by atoms with Gasteiger partial charge in [-0.15, -0.1) is 0 Å². The van der Waals surface area contributed by atoms with E-state index < -0.39 is 20.7 Å². The molecule has 0 aromatic carbocycles. The number of rotatable bonds is 4. The third kappa shape index (κ3) is 1.13. The lowest BCUT2D eigenvalue weighted by Gasteiger charge is -2.04. The van der Waals surface area contributed by atoms with Crippen LogP contribution >= 0.6 is 0 Å². The molecular weight excluding hydrogens is 178 g/mol. The van der Waals surface area contributed by atoms with E-state index in [0.717, 1.165) is 5.43 Å². The summed E-state index contributed by atoms with van der Waals surface area (Å²) >= 11 is 0. The molecule has 0 bridgehead atoms. The van der Waals surface area contributed by atoms with Crippen LogP contribution in [-0.2, 0) is 0 Å². The first kappa shape index (κ1) is 10.1. The van der Waals surface area contributed by atoms with Crippen molar-refractivity contribution in [2.24, 2.45) is 5.84 Å². The number of nitrogens with zero attached hydrogens (tertiary/aromatic N) is 3. The second kappa shape index (κ2) is 3.02. The minimum absolute atomic E-state index is 0.917. The van der Waals surface area contributed by atoms with Gasteiger partial charge in [0.15, 0.2) is 14.8 Å². The fraction of sp³-hybridized carbons (Fsp3) is 1.00. The van der Waals surface area contributed by atoms with Gasteiger partial charge in [0, 0.05) is 0 Å². The molecule has 0 atom stereocenters. The standard InChI is InChI=1S/CH3N5O6/c2-3-1(4(7)8,5(9)10)6(11)12/h3H,2H2. The van der Waals surface area contributed by atoms with Crippen LogP contribution in [0, 0.1) is 30.3 Å². The Bertz CT molecular complexity index is 198. The van der Waals surface area contributed by atoms with E-state index in [0.29, 0.717) is 0 Å². The number of hydrogen-bond acceptors (Lipinski definition) is 8. The zero-order chi connectivity index (χ0) is 9.94. The molecule has 0 spiro atoms. The lowest BCUT2D eigenvalue weighted by molar-refractivity contribution is -0.977. The molecule has 0 unspecified atom stereocenters. The SMILES string of the molecule is NNC([N+](=O)[O-])([N+](=O)[O-])[N+](=O)[O-]. The average molecular weight is 181 g/mol. The minimum Gasteiger partial charge on any atom is -0.253 e. The van der Waals surface area contributed by atoms with Crippen LogP contribution in [0.4, 0.5) is 0 Å². The summed E-state index contributed by atoms with van der Waals surface area (Å²) < 4.78 is 0. The molecule has 0 radical (unpaired) electrons. The van der Waals surface area contributed by atoms with Gasteiger partial charge in [-0.3, -0.25) is 36.2 Å². The molecule has 0 amide bonds. The van der Waals surface area contributed by atoms with Crippen LogP contribution in [0.1, 0.15) is 0 Å². The maximum Gasteiger partial charge on any atom is 0.788 e. The van der Waals surface area contributed by atoms with Crippen molar-refractivity contribution in [2.75, 3.05) is 0 Å². The Balaban J connectivity index is 5.19. The van der Waals surface area contributed by atoms with Crippen LogP contribution in [0.25, 0.3) is 0 Å². The molecule has 0 rings (SSSR count). The summed E-state index contributed by atoms with van der Waals surface area (Å²) in [6.07, 6.45) is 0. The first-order chi connectivity index (χ1) is 5.39. The minimum atomic E-state index is -3.76. The van der Waals surface area contributed by atoms with Gasteiger partial charge >= 0.3 is 5.91 Å². The fourth-order valence-corrected chi connectivity index (χ4v) is 0.358. The van der Waals surface area contributed by atoms with Gasteiger partial charge in [0.25, 0.3) is 0 Å². The quantitative estimate of drug-likeness (QED) is 0.215. The molecule has 0 saturated heterocycles.